The van der Waals surface area contributed by atoms with Gasteiger partial charge in [0.05, 0.1) is 0 Å². The predicted molar refractivity (Wildman–Crippen MR) is 82.0 cm³/mol. The summed E-state index contributed by atoms with van der Waals surface area (Å²) in [5.74, 6) is 1.24. The van der Waals surface area contributed by atoms with Gasteiger partial charge in [0.1, 0.15) is 0 Å². The maximum absolute atomic E-state index is 3.50. The van der Waals surface area contributed by atoms with Crippen LogP contribution in [0.4, 0.5) is 0 Å². The first kappa shape index (κ1) is 17.3. The summed E-state index contributed by atoms with van der Waals surface area (Å²) in [6.45, 7) is 12.6. The molecule has 2 atom stereocenters. The van der Waals surface area contributed by atoms with E-state index in [0.29, 0.717) is 5.41 Å². The average Bonchev–Trinajstić information content (AvgIpc) is 2.33. The molecule has 0 rings (SSSR count). The van der Waals surface area contributed by atoms with Gasteiger partial charge in [0.25, 0.3) is 0 Å². The third-order valence-corrected chi connectivity index (χ3v) is 4.46. The third kappa shape index (κ3) is 6.68. The highest BCUT2D eigenvalue weighted by Crippen LogP contribution is 2.23. The van der Waals surface area contributed by atoms with E-state index in [1.807, 2.05) is 11.8 Å². The highest BCUT2D eigenvalue weighted by Gasteiger charge is 2.25. The van der Waals surface area contributed by atoms with Gasteiger partial charge >= 0.3 is 0 Å². The Morgan fingerprint density at radius 1 is 1.29 bits per heavy atom. The van der Waals surface area contributed by atoms with Crippen LogP contribution < -0.4 is 5.32 Å². The van der Waals surface area contributed by atoms with Gasteiger partial charge in [-0.3, -0.25) is 0 Å². The Labute approximate surface area is 113 Å². The van der Waals surface area contributed by atoms with E-state index in [1.165, 1.54) is 25.1 Å². The molecule has 0 bridgehead atoms. The van der Waals surface area contributed by atoms with Crippen molar-refractivity contribution in [3.8, 4) is 0 Å². The monoisotopic (exact) mass is 260 g/mol. The molecule has 0 amide bonds. The Morgan fingerprint density at radius 2 is 1.94 bits per heavy atom. The van der Waals surface area contributed by atoms with Gasteiger partial charge in [-0.1, -0.05) is 27.7 Å². The lowest BCUT2D eigenvalue weighted by Crippen LogP contribution is -2.45. The molecule has 0 aromatic rings. The van der Waals surface area contributed by atoms with E-state index >= 15 is 0 Å². The lowest BCUT2D eigenvalue weighted by Gasteiger charge is -2.37. The first-order valence-electron chi connectivity index (χ1n) is 6.92. The number of nitrogens with zero attached hydrogens (tertiary/aromatic N) is 1. The van der Waals surface area contributed by atoms with Gasteiger partial charge in [-0.2, -0.15) is 11.8 Å². The molecule has 0 aromatic heterocycles. The lowest BCUT2D eigenvalue weighted by atomic mass is 9.86. The van der Waals surface area contributed by atoms with Crippen LogP contribution in [0.1, 0.15) is 40.5 Å². The summed E-state index contributed by atoms with van der Waals surface area (Å²) in [6, 6.07) is 0.720. The third-order valence-electron chi connectivity index (χ3n) is 3.74. The minimum Gasteiger partial charge on any atom is -0.316 e. The van der Waals surface area contributed by atoms with Crippen molar-refractivity contribution in [3.63, 3.8) is 0 Å². The van der Waals surface area contributed by atoms with E-state index < -0.39 is 0 Å². The Kier molecular flexibility index (Phi) is 9.38. The number of hydrogen-bond acceptors (Lipinski definition) is 3. The summed E-state index contributed by atoms with van der Waals surface area (Å²) in [5.41, 5.74) is 0.399. The second kappa shape index (κ2) is 9.23. The Balaban J connectivity index is 4.32. The van der Waals surface area contributed by atoms with Crippen molar-refractivity contribution < 1.29 is 0 Å². The van der Waals surface area contributed by atoms with Crippen molar-refractivity contribution >= 4 is 11.8 Å². The number of hydrogen-bond donors (Lipinski definition) is 1. The fourth-order valence-electron chi connectivity index (χ4n) is 2.20. The zero-order valence-corrected chi connectivity index (χ0v) is 13.5. The maximum atomic E-state index is 3.50. The molecule has 0 fully saturated rings. The second-order valence-corrected chi connectivity index (χ2v) is 6.29. The van der Waals surface area contributed by atoms with Crippen molar-refractivity contribution in [3.05, 3.63) is 0 Å². The average molecular weight is 260 g/mol. The molecule has 0 aromatic carbocycles. The molecule has 0 spiro atoms. The quantitative estimate of drug-likeness (QED) is 0.650. The number of nitrogens with one attached hydrogen (secondary N) is 1. The molecule has 2 unspecified atom stereocenters. The van der Waals surface area contributed by atoms with Crippen molar-refractivity contribution in [1.29, 1.82) is 0 Å². The van der Waals surface area contributed by atoms with Crippen LogP contribution in [-0.4, -0.2) is 49.6 Å². The molecule has 2 nitrogen and oxygen atoms in total. The molecule has 0 radical (unpaired) electrons. The van der Waals surface area contributed by atoms with E-state index in [1.54, 1.807) is 0 Å². The lowest BCUT2D eigenvalue weighted by molar-refractivity contribution is 0.147. The minimum atomic E-state index is 0.399. The van der Waals surface area contributed by atoms with Crippen molar-refractivity contribution in [1.82, 2.24) is 10.2 Å². The van der Waals surface area contributed by atoms with E-state index in [2.05, 4.69) is 51.2 Å². The van der Waals surface area contributed by atoms with Crippen LogP contribution in [0.2, 0.25) is 0 Å². The van der Waals surface area contributed by atoms with Gasteiger partial charge in [-0.15, -0.1) is 0 Å². The van der Waals surface area contributed by atoms with E-state index in [0.717, 1.165) is 19.1 Å². The van der Waals surface area contributed by atoms with Gasteiger partial charge in [0.15, 0.2) is 0 Å². The van der Waals surface area contributed by atoms with Gasteiger partial charge in [0, 0.05) is 24.9 Å². The minimum absolute atomic E-state index is 0.399. The Hall–Kier alpha value is 0.270. The molecule has 0 aliphatic rings. The first-order valence-corrected chi connectivity index (χ1v) is 8.32. The van der Waals surface area contributed by atoms with Gasteiger partial charge < -0.3 is 10.2 Å². The highest BCUT2D eigenvalue weighted by atomic mass is 32.2. The summed E-state index contributed by atoms with van der Waals surface area (Å²) < 4.78 is 0. The normalized spacial score (nSPS) is 17.1. The first-order chi connectivity index (χ1) is 8.02. The molecule has 0 aliphatic heterocycles. The van der Waals surface area contributed by atoms with Gasteiger partial charge in [0.2, 0.25) is 0 Å². The van der Waals surface area contributed by atoms with E-state index in [9.17, 15) is 0 Å². The van der Waals surface area contributed by atoms with E-state index in [-0.39, 0.29) is 0 Å². The summed E-state index contributed by atoms with van der Waals surface area (Å²) >= 11 is 1.96. The smallest absolute Gasteiger partial charge is 0.0180 e. The van der Waals surface area contributed by atoms with Crippen molar-refractivity contribution in [2.24, 2.45) is 5.41 Å². The maximum Gasteiger partial charge on any atom is 0.0180 e. The Morgan fingerprint density at radius 3 is 2.35 bits per heavy atom. The second-order valence-electron chi connectivity index (χ2n) is 5.38. The zero-order valence-electron chi connectivity index (χ0n) is 12.7. The summed E-state index contributed by atoms with van der Waals surface area (Å²) in [6.07, 6.45) is 4.69. The van der Waals surface area contributed by atoms with Crippen molar-refractivity contribution in [2.75, 3.05) is 38.7 Å². The fourth-order valence-corrected chi connectivity index (χ4v) is 3.07. The molecule has 0 aliphatic carbocycles. The van der Waals surface area contributed by atoms with Crippen LogP contribution in [0.5, 0.6) is 0 Å². The van der Waals surface area contributed by atoms with Gasteiger partial charge in [-0.25, -0.2) is 0 Å². The molecule has 104 valence electrons. The van der Waals surface area contributed by atoms with Crippen LogP contribution >= 0.6 is 11.8 Å². The summed E-state index contributed by atoms with van der Waals surface area (Å²) in [4.78, 5) is 2.55. The van der Waals surface area contributed by atoms with Crippen LogP contribution in [0, 0.1) is 5.41 Å². The number of rotatable bonds is 10. The van der Waals surface area contributed by atoms with Crippen LogP contribution in [0.25, 0.3) is 0 Å². The Bertz CT molecular complexity index is 187. The summed E-state index contributed by atoms with van der Waals surface area (Å²) in [7, 11) is 2.28. The molecular weight excluding hydrogens is 228 g/mol. The van der Waals surface area contributed by atoms with Crippen LogP contribution in [-0.2, 0) is 0 Å². The molecular formula is C14H32N2S. The highest BCUT2D eigenvalue weighted by molar-refractivity contribution is 7.98. The van der Waals surface area contributed by atoms with Crippen LogP contribution in [0.15, 0.2) is 0 Å². The molecule has 0 saturated heterocycles. The fraction of sp³-hybridized carbons (Fsp3) is 1.00. The molecule has 0 heterocycles. The SMILES string of the molecule is CCNCC(C)(CC)CN(C)C(CC)CSC. The molecule has 0 saturated carbocycles. The number of thioether (sulfide) groups is 1. The standard InChI is InChI=1S/C14H32N2S/c1-7-13(10-17-6)16(5)12-14(4,8-2)11-15-9-3/h13,15H,7-12H2,1-6H3. The zero-order chi connectivity index (χ0) is 13.3. The molecule has 17 heavy (non-hydrogen) atoms. The van der Waals surface area contributed by atoms with Gasteiger partial charge in [-0.05, 0) is 38.1 Å². The largest absolute Gasteiger partial charge is 0.316 e. The topological polar surface area (TPSA) is 15.3 Å². The van der Waals surface area contributed by atoms with Crippen molar-refractivity contribution in [2.45, 2.75) is 46.6 Å². The summed E-state index contributed by atoms with van der Waals surface area (Å²) in [5, 5.41) is 3.50. The van der Waals surface area contributed by atoms with E-state index in [4.69, 9.17) is 0 Å². The molecule has 1 N–H and O–H groups in total. The van der Waals surface area contributed by atoms with Crippen LogP contribution in [0.3, 0.4) is 0 Å². The predicted octanol–water partition coefficient (Wildman–Crippen LogP) is 3.09. The molecule has 3 heteroatoms.